The monoisotopic (exact) mass is 479 g/mol. The van der Waals surface area contributed by atoms with Gasteiger partial charge in [-0.2, -0.15) is 0 Å². The average molecular weight is 480 g/mol. The minimum Gasteiger partial charge on any atom is -0.448 e. The predicted molar refractivity (Wildman–Crippen MR) is 137 cm³/mol. The van der Waals surface area contributed by atoms with Gasteiger partial charge in [-0.25, -0.2) is 4.98 Å². The number of anilines is 1. The van der Waals surface area contributed by atoms with Crippen LogP contribution < -0.4 is 10.9 Å². The van der Waals surface area contributed by atoms with Gasteiger partial charge in [0, 0.05) is 24.2 Å². The van der Waals surface area contributed by atoms with Crippen molar-refractivity contribution in [3.8, 4) is 0 Å². The molecule has 1 N–H and O–H groups in total. The van der Waals surface area contributed by atoms with E-state index in [1.165, 1.54) is 11.8 Å². The summed E-state index contributed by atoms with van der Waals surface area (Å²) < 4.78 is 13.1. The molecule has 0 atom stereocenters. The molecule has 4 rings (SSSR count). The fraction of sp³-hybridized carbons (Fsp3) is 0.346. The van der Waals surface area contributed by atoms with Crippen molar-refractivity contribution >= 4 is 45.4 Å². The second-order valence-electron chi connectivity index (χ2n) is 8.56. The number of hydrogen-bond donors (Lipinski definition) is 1. The molecule has 0 unspecified atom stereocenters. The second kappa shape index (κ2) is 10.4. The van der Waals surface area contributed by atoms with Crippen molar-refractivity contribution in [2.75, 3.05) is 17.7 Å². The maximum atomic E-state index is 13.3. The van der Waals surface area contributed by atoms with Crippen molar-refractivity contribution in [2.24, 2.45) is 0 Å². The molecule has 2 aromatic heterocycles. The molecule has 4 aromatic rings. The highest BCUT2D eigenvalue weighted by Gasteiger charge is 2.18. The molecule has 0 aliphatic heterocycles. The van der Waals surface area contributed by atoms with Gasteiger partial charge < -0.3 is 14.5 Å². The Labute approximate surface area is 202 Å². The van der Waals surface area contributed by atoms with Gasteiger partial charge in [0.25, 0.3) is 5.56 Å². The van der Waals surface area contributed by atoms with Crippen LogP contribution in [0.15, 0.2) is 56.8 Å². The lowest BCUT2D eigenvalue weighted by Crippen LogP contribution is -2.25. The molecular weight excluding hydrogens is 450 g/mol. The van der Waals surface area contributed by atoms with Gasteiger partial charge in [-0.3, -0.25) is 14.2 Å². The molecule has 0 spiro atoms. The Bertz CT molecular complexity index is 1390. The average Bonchev–Trinajstić information content (AvgIpc) is 3.18. The first-order valence-corrected chi connectivity index (χ1v) is 12.4. The van der Waals surface area contributed by atoms with Gasteiger partial charge in [-0.1, -0.05) is 36.0 Å². The molecule has 8 heteroatoms. The lowest BCUT2D eigenvalue weighted by molar-refractivity contribution is -0.113. The summed E-state index contributed by atoms with van der Waals surface area (Å²) in [5.74, 6) is -0.0244. The summed E-state index contributed by atoms with van der Waals surface area (Å²) in [6.07, 6.45) is 0.767. The number of aryl methyl sites for hydroxylation is 2. The highest BCUT2D eigenvalue weighted by Crippen LogP contribution is 2.27. The number of aromatic nitrogens is 2. The van der Waals surface area contributed by atoms with Gasteiger partial charge >= 0.3 is 0 Å². The molecule has 7 nitrogen and oxygen atoms in total. The molecule has 1 amide bonds. The number of furan rings is 1. The maximum Gasteiger partial charge on any atom is 0.297 e. The second-order valence-corrected chi connectivity index (χ2v) is 9.50. The first-order valence-electron chi connectivity index (χ1n) is 11.4. The Morgan fingerprint density at radius 1 is 1.21 bits per heavy atom. The summed E-state index contributed by atoms with van der Waals surface area (Å²) in [6.45, 7) is 8.85. The Hall–Kier alpha value is -3.10. The fourth-order valence-corrected chi connectivity index (χ4v) is 4.51. The lowest BCUT2D eigenvalue weighted by Gasteiger charge is -2.13. The predicted octanol–water partition coefficient (Wildman–Crippen LogP) is 5.31. The van der Waals surface area contributed by atoms with E-state index in [0.29, 0.717) is 35.8 Å². The number of hydrogen-bond acceptors (Lipinski definition) is 6. The van der Waals surface area contributed by atoms with Crippen LogP contribution in [0.25, 0.3) is 22.1 Å². The van der Waals surface area contributed by atoms with E-state index in [0.717, 1.165) is 22.2 Å². The molecule has 2 aromatic carbocycles. The number of carbonyl (C=O) groups is 1. The van der Waals surface area contributed by atoms with Crippen molar-refractivity contribution in [3.05, 3.63) is 63.9 Å². The van der Waals surface area contributed by atoms with Crippen LogP contribution in [0.4, 0.5) is 5.69 Å². The SMILES string of the molecule is Cc1ccc(C)c(NC(=O)CSc2nc3c(oc4ccccc43)c(=O)n2CCCOC(C)C)c1. The number of para-hydroxylation sites is 1. The minimum absolute atomic E-state index is 0.121. The largest absolute Gasteiger partial charge is 0.448 e. The standard InChI is InChI=1S/C26H29N3O4S/c1-16(2)32-13-7-12-29-25(31)24-23(19-8-5-6-9-21(19)33-24)28-26(29)34-15-22(30)27-20-14-17(3)10-11-18(20)4/h5-6,8-11,14,16H,7,12-13,15H2,1-4H3,(H,27,30). The Morgan fingerprint density at radius 3 is 2.79 bits per heavy atom. The molecule has 0 aliphatic carbocycles. The summed E-state index contributed by atoms with van der Waals surface area (Å²) in [5, 5.41) is 4.24. The smallest absolute Gasteiger partial charge is 0.297 e. The van der Waals surface area contributed by atoms with Gasteiger partial charge in [0.05, 0.1) is 11.9 Å². The number of nitrogens with zero attached hydrogens (tertiary/aromatic N) is 2. The Morgan fingerprint density at radius 2 is 2.00 bits per heavy atom. The molecule has 0 saturated carbocycles. The van der Waals surface area contributed by atoms with E-state index in [1.807, 2.05) is 70.2 Å². The van der Waals surface area contributed by atoms with Crippen LogP contribution in [0.3, 0.4) is 0 Å². The number of carbonyl (C=O) groups excluding carboxylic acids is 1. The summed E-state index contributed by atoms with van der Waals surface area (Å²) in [4.78, 5) is 30.8. The van der Waals surface area contributed by atoms with Gasteiger partial charge in [0.1, 0.15) is 11.1 Å². The van der Waals surface area contributed by atoms with Crippen LogP contribution in [0, 0.1) is 13.8 Å². The molecule has 0 saturated heterocycles. The molecule has 0 aliphatic rings. The zero-order valence-corrected chi connectivity index (χ0v) is 20.7. The van der Waals surface area contributed by atoms with Crippen molar-refractivity contribution < 1.29 is 13.9 Å². The topological polar surface area (TPSA) is 86.4 Å². The minimum atomic E-state index is -0.247. The third-order valence-electron chi connectivity index (χ3n) is 5.42. The van der Waals surface area contributed by atoms with Gasteiger partial charge in [0.2, 0.25) is 11.5 Å². The van der Waals surface area contributed by atoms with Gasteiger partial charge in [0.15, 0.2) is 5.16 Å². The summed E-state index contributed by atoms with van der Waals surface area (Å²) in [6, 6.07) is 13.4. The normalized spacial score (nSPS) is 11.6. The van der Waals surface area contributed by atoms with Crippen LogP contribution >= 0.6 is 11.8 Å². The maximum absolute atomic E-state index is 13.3. The van der Waals surface area contributed by atoms with E-state index in [2.05, 4.69) is 5.32 Å². The summed E-state index contributed by atoms with van der Waals surface area (Å²) >= 11 is 1.25. The number of fused-ring (bicyclic) bond motifs is 3. The Kier molecular flexibility index (Phi) is 7.38. The fourth-order valence-electron chi connectivity index (χ4n) is 3.69. The van der Waals surface area contributed by atoms with E-state index >= 15 is 0 Å². The van der Waals surface area contributed by atoms with Crippen LogP contribution in [0.2, 0.25) is 0 Å². The molecule has 0 radical (unpaired) electrons. The van der Waals surface area contributed by atoms with Gasteiger partial charge in [-0.15, -0.1) is 0 Å². The molecule has 0 bridgehead atoms. The third kappa shape index (κ3) is 5.34. The molecular formula is C26H29N3O4S. The van der Waals surface area contributed by atoms with E-state index in [9.17, 15) is 9.59 Å². The highest BCUT2D eigenvalue weighted by molar-refractivity contribution is 7.99. The van der Waals surface area contributed by atoms with E-state index in [4.69, 9.17) is 14.1 Å². The number of nitrogens with one attached hydrogen (secondary N) is 1. The molecule has 0 fully saturated rings. The molecule has 2 heterocycles. The first kappa shape index (κ1) is 24.0. The van der Waals surface area contributed by atoms with E-state index in [-0.39, 0.29) is 28.9 Å². The lowest BCUT2D eigenvalue weighted by atomic mass is 10.1. The number of amides is 1. The number of ether oxygens (including phenoxy) is 1. The van der Waals surface area contributed by atoms with Crippen molar-refractivity contribution in [1.82, 2.24) is 9.55 Å². The van der Waals surface area contributed by atoms with Crippen molar-refractivity contribution in [3.63, 3.8) is 0 Å². The molecule has 178 valence electrons. The van der Waals surface area contributed by atoms with Crippen LogP contribution in [0.5, 0.6) is 0 Å². The summed E-state index contributed by atoms with van der Waals surface area (Å²) in [5.41, 5.74) is 3.98. The zero-order valence-electron chi connectivity index (χ0n) is 19.9. The van der Waals surface area contributed by atoms with Crippen molar-refractivity contribution in [2.45, 2.75) is 51.9 Å². The molecule has 34 heavy (non-hydrogen) atoms. The van der Waals surface area contributed by atoms with Crippen LogP contribution in [-0.2, 0) is 16.1 Å². The van der Waals surface area contributed by atoms with Crippen LogP contribution in [0.1, 0.15) is 31.4 Å². The van der Waals surface area contributed by atoms with E-state index < -0.39 is 0 Å². The van der Waals surface area contributed by atoms with Crippen molar-refractivity contribution in [1.29, 1.82) is 0 Å². The van der Waals surface area contributed by atoms with Gasteiger partial charge in [-0.05, 0) is 63.4 Å². The van der Waals surface area contributed by atoms with E-state index in [1.54, 1.807) is 4.57 Å². The highest BCUT2D eigenvalue weighted by atomic mass is 32.2. The van der Waals surface area contributed by atoms with Crippen LogP contribution in [-0.4, -0.2) is 33.9 Å². The zero-order chi connectivity index (χ0) is 24.2. The number of benzene rings is 2. The summed E-state index contributed by atoms with van der Waals surface area (Å²) in [7, 11) is 0. The number of thioether (sulfide) groups is 1. The first-order chi connectivity index (χ1) is 16.3. The number of rotatable bonds is 9. The third-order valence-corrected chi connectivity index (χ3v) is 6.40. The Balaban J connectivity index is 1.61. The quantitative estimate of drug-likeness (QED) is 0.199.